The lowest BCUT2D eigenvalue weighted by atomic mass is 10.1. The lowest BCUT2D eigenvalue weighted by molar-refractivity contribution is 0.0697. The van der Waals surface area contributed by atoms with E-state index in [1.54, 1.807) is 12.1 Å². The molecule has 0 radical (unpaired) electrons. The Balaban J connectivity index is 0.000000362. The van der Waals surface area contributed by atoms with Crippen molar-refractivity contribution in [2.24, 2.45) is 5.73 Å². The molecule has 110 valence electrons. The summed E-state index contributed by atoms with van der Waals surface area (Å²) < 4.78 is 29.6. The minimum absolute atomic E-state index is 0.0666. The number of rotatable bonds is 4. The molecular formula is C11H19NO6S. The Morgan fingerprint density at radius 2 is 1.42 bits per heavy atom. The molecule has 0 saturated carbocycles. The number of nitrogens with two attached hydrogens (primary N) is 1. The number of aryl methyl sites for hydroxylation is 1. The van der Waals surface area contributed by atoms with Crippen LogP contribution in [0.25, 0.3) is 0 Å². The topological polar surface area (TPSA) is 141 Å². The molecule has 0 aliphatic rings. The summed E-state index contributed by atoms with van der Waals surface area (Å²) in [5.74, 6) is 0. The van der Waals surface area contributed by atoms with E-state index in [0.29, 0.717) is 0 Å². The molecule has 0 fully saturated rings. The Morgan fingerprint density at radius 1 is 1.05 bits per heavy atom. The molecule has 1 rings (SSSR count). The summed E-state index contributed by atoms with van der Waals surface area (Å²) in [6, 6.07) is 5.99. The first-order valence-corrected chi connectivity index (χ1v) is 6.78. The van der Waals surface area contributed by atoms with Crippen molar-refractivity contribution in [3.8, 4) is 0 Å². The molecule has 0 amide bonds. The highest BCUT2D eigenvalue weighted by atomic mass is 32.2. The number of aliphatic hydroxyl groups excluding tert-OH is 3. The van der Waals surface area contributed by atoms with Gasteiger partial charge in [-0.15, -0.1) is 0 Å². The third kappa shape index (κ3) is 6.62. The average molecular weight is 293 g/mol. The molecule has 6 N–H and O–H groups in total. The lowest BCUT2D eigenvalue weighted by Gasteiger charge is -2.20. The van der Waals surface area contributed by atoms with E-state index in [0.717, 1.165) is 5.56 Å². The normalized spacial score (nSPS) is 11.7. The number of aliphatic hydroxyl groups is 3. The van der Waals surface area contributed by atoms with E-state index >= 15 is 0 Å². The quantitative estimate of drug-likeness (QED) is 0.444. The molecule has 1 aromatic rings. The van der Waals surface area contributed by atoms with Crippen molar-refractivity contribution >= 4 is 10.1 Å². The number of hydrogen-bond donors (Lipinski definition) is 5. The zero-order valence-corrected chi connectivity index (χ0v) is 11.3. The van der Waals surface area contributed by atoms with Crippen LogP contribution in [0, 0.1) is 6.92 Å². The zero-order chi connectivity index (χ0) is 15.1. The van der Waals surface area contributed by atoms with E-state index < -0.39 is 35.5 Å². The Bertz CT molecular complexity index is 458. The van der Waals surface area contributed by atoms with Gasteiger partial charge in [0.1, 0.15) is 0 Å². The summed E-state index contributed by atoms with van der Waals surface area (Å²) in [7, 11) is -4.02. The van der Waals surface area contributed by atoms with E-state index in [-0.39, 0.29) is 4.90 Å². The molecule has 0 aliphatic carbocycles. The monoisotopic (exact) mass is 293 g/mol. The maximum absolute atomic E-state index is 10.5. The van der Waals surface area contributed by atoms with E-state index in [4.69, 9.17) is 25.6 Å². The van der Waals surface area contributed by atoms with Crippen molar-refractivity contribution in [1.29, 1.82) is 0 Å². The van der Waals surface area contributed by atoms with Crippen LogP contribution in [0.1, 0.15) is 5.56 Å². The maximum Gasteiger partial charge on any atom is 0.294 e. The van der Waals surface area contributed by atoms with Crippen LogP contribution in [0.15, 0.2) is 29.2 Å². The lowest BCUT2D eigenvalue weighted by Crippen LogP contribution is -2.50. The van der Waals surface area contributed by atoms with Gasteiger partial charge in [0.05, 0.1) is 30.3 Å². The summed E-state index contributed by atoms with van der Waals surface area (Å²) in [6.45, 7) is 0.633. The van der Waals surface area contributed by atoms with E-state index in [2.05, 4.69) is 0 Å². The van der Waals surface area contributed by atoms with Gasteiger partial charge in [0, 0.05) is 0 Å². The zero-order valence-electron chi connectivity index (χ0n) is 10.5. The predicted octanol–water partition coefficient (Wildman–Crippen LogP) is -1.10. The first-order chi connectivity index (χ1) is 8.68. The molecular weight excluding hydrogens is 274 g/mol. The molecule has 0 aromatic heterocycles. The van der Waals surface area contributed by atoms with Gasteiger partial charge in [-0.2, -0.15) is 8.42 Å². The fourth-order valence-electron chi connectivity index (χ4n) is 0.860. The SMILES string of the molecule is Cc1ccc(S(=O)(=O)O)cc1.NC(CO)(CO)CO. The van der Waals surface area contributed by atoms with Crippen molar-refractivity contribution in [3.63, 3.8) is 0 Å². The molecule has 0 atom stereocenters. The van der Waals surface area contributed by atoms with Gasteiger partial charge >= 0.3 is 0 Å². The standard InChI is InChI=1S/C7H8O3S.C4H11NO3/c1-6-2-4-7(5-3-6)11(8,9)10;5-4(1-6,2-7)3-8/h2-5H,1H3,(H,8,9,10);6-8H,1-3,5H2. The van der Waals surface area contributed by atoms with Crippen molar-refractivity contribution in [1.82, 2.24) is 0 Å². The fourth-order valence-corrected chi connectivity index (χ4v) is 1.34. The highest BCUT2D eigenvalue weighted by molar-refractivity contribution is 7.85. The first-order valence-electron chi connectivity index (χ1n) is 5.34. The van der Waals surface area contributed by atoms with Gasteiger partial charge in [-0.3, -0.25) is 4.55 Å². The van der Waals surface area contributed by atoms with Crippen LogP contribution < -0.4 is 5.73 Å². The van der Waals surface area contributed by atoms with Crippen LogP contribution in [-0.4, -0.2) is 53.6 Å². The third-order valence-electron chi connectivity index (χ3n) is 2.26. The molecule has 0 saturated heterocycles. The Morgan fingerprint density at radius 3 is 1.63 bits per heavy atom. The second kappa shape index (κ2) is 7.53. The van der Waals surface area contributed by atoms with Crippen LogP contribution in [0.3, 0.4) is 0 Å². The van der Waals surface area contributed by atoms with Crippen molar-refractivity contribution in [3.05, 3.63) is 29.8 Å². The molecule has 19 heavy (non-hydrogen) atoms. The van der Waals surface area contributed by atoms with Gasteiger partial charge in [-0.05, 0) is 19.1 Å². The van der Waals surface area contributed by atoms with Gasteiger partial charge in [0.25, 0.3) is 10.1 Å². The number of hydrogen-bond acceptors (Lipinski definition) is 6. The molecule has 8 heteroatoms. The van der Waals surface area contributed by atoms with E-state index in [1.807, 2.05) is 6.92 Å². The average Bonchev–Trinajstić information content (AvgIpc) is 2.38. The largest absolute Gasteiger partial charge is 0.394 e. The van der Waals surface area contributed by atoms with Crippen molar-refractivity contribution < 1.29 is 28.3 Å². The van der Waals surface area contributed by atoms with Gasteiger partial charge < -0.3 is 21.1 Å². The second-order valence-electron chi connectivity index (χ2n) is 4.12. The smallest absolute Gasteiger partial charge is 0.294 e. The van der Waals surface area contributed by atoms with Crippen LogP contribution in [0.2, 0.25) is 0 Å². The molecule has 0 bridgehead atoms. The third-order valence-corrected chi connectivity index (χ3v) is 3.13. The van der Waals surface area contributed by atoms with Crippen LogP contribution in [-0.2, 0) is 10.1 Å². The molecule has 7 nitrogen and oxygen atoms in total. The van der Waals surface area contributed by atoms with Gasteiger partial charge in [0.15, 0.2) is 0 Å². The molecule has 0 unspecified atom stereocenters. The molecule has 0 aliphatic heterocycles. The fraction of sp³-hybridized carbons (Fsp3) is 0.455. The Kier molecular flexibility index (Phi) is 7.12. The summed E-state index contributed by atoms with van der Waals surface area (Å²) in [5.41, 5.74) is 4.89. The minimum atomic E-state index is -4.02. The van der Waals surface area contributed by atoms with Crippen molar-refractivity contribution in [2.75, 3.05) is 19.8 Å². The Labute approximate surface area is 112 Å². The molecule has 1 aromatic carbocycles. The van der Waals surface area contributed by atoms with E-state index in [9.17, 15) is 8.42 Å². The maximum atomic E-state index is 10.5. The van der Waals surface area contributed by atoms with E-state index in [1.165, 1.54) is 12.1 Å². The van der Waals surface area contributed by atoms with Crippen molar-refractivity contribution in [2.45, 2.75) is 17.4 Å². The van der Waals surface area contributed by atoms with Gasteiger partial charge in [0.2, 0.25) is 0 Å². The van der Waals surface area contributed by atoms with Gasteiger partial charge in [-0.25, -0.2) is 0 Å². The summed E-state index contributed by atoms with van der Waals surface area (Å²) in [6.07, 6.45) is 0. The highest BCUT2D eigenvalue weighted by Gasteiger charge is 2.20. The molecule has 0 heterocycles. The highest BCUT2D eigenvalue weighted by Crippen LogP contribution is 2.08. The van der Waals surface area contributed by atoms with Crippen LogP contribution >= 0.6 is 0 Å². The van der Waals surface area contributed by atoms with Crippen LogP contribution in [0.4, 0.5) is 0 Å². The Hall–Kier alpha value is -1.03. The number of benzene rings is 1. The summed E-state index contributed by atoms with van der Waals surface area (Å²) in [4.78, 5) is -0.0666. The predicted molar refractivity (Wildman–Crippen MR) is 69.2 cm³/mol. The summed E-state index contributed by atoms with van der Waals surface area (Å²) >= 11 is 0. The van der Waals surface area contributed by atoms with Gasteiger partial charge in [-0.1, -0.05) is 17.7 Å². The molecule has 0 spiro atoms. The van der Waals surface area contributed by atoms with Crippen LogP contribution in [0.5, 0.6) is 0 Å². The summed E-state index contributed by atoms with van der Waals surface area (Å²) in [5, 5.41) is 25.0. The minimum Gasteiger partial charge on any atom is -0.394 e. The second-order valence-corrected chi connectivity index (χ2v) is 5.55. The first kappa shape index (κ1) is 18.0.